The smallest absolute Gasteiger partial charge is 0.233 e. The van der Waals surface area contributed by atoms with Crippen molar-refractivity contribution in [1.82, 2.24) is 20.1 Å². The number of carbonyl (C=O) groups excluding carboxylic acids is 1. The van der Waals surface area contributed by atoms with Gasteiger partial charge in [-0.1, -0.05) is 25.6 Å². The molecule has 96 valence electrons. The van der Waals surface area contributed by atoms with Gasteiger partial charge in [-0.15, -0.1) is 10.2 Å². The molecule has 0 fully saturated rings. The van der Waals surface area contributed by atoms with E-state index in [9.17, 15) is 4.79 Å². The normalized spacial score (nSPS) is 12.8. The monoisotopic (exact) mass is 256 g/mol. The number of hydrogen-bond donors (Lipinski definition) is 1. The molecule has 1 amide bonds. The van der Waals surface area contributed by atoms with Gasteiger partial charge in [-0.05, 0) is 19.8 Å². The molecule has 17 heavy (non-hydrogen) atoms. The minimum atomic E-state index is -0.156. The summed E-state index contributed by atoms with van der Waals surface area (Å²) in [5.41, 5.74) is 0. The number of thioether (sulfide) groups is 1. The first-order valence-corrected chi connectivity index (χ1v) is 6.60. The fourth-order valence-corrected chi connectivity index (χ4v) is 2.04. The highest BCUT2D eigenvalue weighted by Crippen LogP contribution is 2.21. The molecular formula is C11H20N4OS. The molecule has 0 aromatic carbocycles. The Morgan fingerprint density at radius 2 is 2.06 bits per heavy atom. The van der Waals surface area contributed by atoms with Crippen LogP contribution < -0.4 is 5.32 Å². The molecule has 0 aliphatic heterocycles. The molecule has 1 aromatic heterocycles. The minimum absolute atomic E-state index is 0.0457. The second-order valence-electron chi connectivity index (χ2n) is 4.49. The van der Waals surface area contributed by atoms with Crippen LogP contribution in [-0.2, 0) is 11.8 Å². The zero-order chi connectivity index (χ0) is 13.0. The Bertz CT molecular complexity index is 389. The fourth-order valence-electron chi connectivity index (χ4n) is 1.15. The van der Waals surface area contributed by atoms with E-state index in [0.717, 1.165) is 11.0 Å². The highest BCUT2D eigenvalue weighted by molar-refractivity contribution is 8.00. The van der Waals surface area contributed by atoms with E-state index in [0.29, 0.717) is 12.5 Å². The first kappa shape index (κ1) is 14.0. The molecule has 5 nitrogen and oxygen atoms in total. The van der Waals surface area contributed by atoms with Crippen molar-refractivity contribution in [2.75, 3.05) is 6.54 Å². The van der Waals surface area contributed by atoms with Crippen LogP contribution in [0.5, 0.6) is 0 Å². The number of rotatable bonds is 5. The SMILES string of the molecule is Cc1nnc(S[C@H](C)C(=O)NCC(C)C)n1C. The van der Waals surface area contributed by atoms with Gasteiger partial charge in [0, 0.05) is 13.6 Å². The molecule has 0 aliphatic rings. The molecule has 0 spiro atoms. The van der Waals surface area contributed by atoms with E-state index in [-0.39, 0.29) is 11.2 Å². The van der Waals surface area contributed by atoms with Gasteiger partial charge in [-0.2, -0.15) is 0 Å². The van der Waals surface area contributed by atoms with Crippen molar-refractivity contribution < 1.29 is 4.79 Å². The predicted octanol–water partition coefficient (Wildman–Crippen LogP) is 1.38. The number of aryl methyl sites for hydroxylation is 1. The Hall–Kier alpha value is -1.04. The summed E-state index contributed by atoms with van der Waals surface area (Å²) in [5.74, 6) is 1.36. The molecule has 1 heterocycles. The molecule has 0 saturated carbocycles. The summed E-state index contributed by atoms with van der Waals surface area (Å²) in [5, 5.41) is 11.5. The van der Waals surface area contributed by atoms with Crippen LogP contribution in [-0.4, -0.2) is 32.5 Å². The van der Waals surface area contributed by atoms with Crippen molar-refractivity contribution in [2.45, 2.75) is 38.1 Å². The first-order chi connectivity index (χ1) is 7.91. The largest absolute Gasteiger partial charge is 0.355 e. The Labute approximate surface area is 106 Å². The van der Waals surface area contributed by atoms with Crippen molar-refractivity contribution in [3.63, 3.8) is 0 Å². The maximum Gasteiger partial charge on any atom is 0.233 e. The number of hydrogen-bond acceptors (Lipinski definition) is 4. The molecule has 0 unspecified atom stereocenters. The fraction of sp³-hybridized carbons (Fsp3) is 0.727. The minimum Gasteiger partial charge on any atom is -0.355 e. The topological polar surface area (TPSA) is 59.8 Å². The average Bonchev–Trinajstić information content (AvgIpc) is 2.57. The van der Waals surface area contributed by atoms with Gasteiger partial charge in [-0.3, -0.25) is 4.79 Å². The Morgan fingerprint density at radius 1 is 1.41 bits per heavy atom. The lowest BCUT2D eigenvalue weighted by Crippen LogP contribution is -2.33. The summed E-state index contributed by atoms with van der Waals surface area (Å²) in [4.78, 5) is 11.8. The highest BCUT2D eigenvalue weighted by atomic mass is 32.2. The summed E-state index contributed by atoms with van der Waals surface area (Å²) in [7, 11) is 1.90. The maximum absolute atomic E-state index is 11.8. The van der Waals surface area contributed by atoms with E-state index in [4.69, 9.17) is 0 Å². The second-order valence-corrected chi connectivity index (χ2v) is 5.80. The van der Waals surface area contributed by atoms with Gasteiger partial charge in [-0.25, -0.2) is 0 Å². The molecule has 0 bridgehead atoms. The van der Waals surface area contributed by atoms with E-state index < -0.39 is 0 Å². The third-order valence-electron chi connectivity index (χ3n) is 2.39. The summed E-state index contributed by atoms with van der Waals surface area (Å²) in [6.07, 6.45) is 0. The third kappa shape index (κ3) is 4.03. The molecular weight excluding hydrogens is 236 g/mol. The molecule has 1 atom stereocenters. The number of amides is 1. The van der Waals surface area contributed by atoms with E-state index in [1.54, 1.807) is 0 Å². The summed E-state index contributed by atoms with van der Waals surface area (Å²) < 4.78 is 1.89. The van der Waals surface area contributed by atoms with Crippen LogP contribution in [0.25, 0.3) is 0 Å². The van der Waals surface area contributed by atoms with Crippen molar-refractivity contribution >= 4 is 17.7 Å². The van der Waals surface area contributed by atoms with Crippen LogP contribution in [0, 0.1) is 12.8 Å². The van der Waals surface area contributed by atoms with Gasteiger partial charge < -0.3 is 9.88 Å². The zero-order valence-electron chi connectivity index (χ0n) is 11.0. The highest BCUT2D eigenvalue weighted by Gasteiger charge is 2.17. The lowest BCUT2D eigenvalue weighted by atomic mass is 10.2. The molecule has 1 N–H and O–H groups in total. The van der Waals surface area contributed by atoms with E-state index in [2.05, 4.69) is 29.4 Å². The van der Waals surface area contributed by atoms with Crippen molar-refractivity contribution in [3.8, 4) is 0 Å². The summed E-state index contributed by atoms with van der Waals surface area (Å²) >= 11 is 1.43. The van der Waals surface area contributed by atoms with Crippen molar-refractivity contribution in [2.24, 2.45) is 13.0 Å². The van der Waals surface area contributed by atoms with E-state index >= 15 is 0 Å². The van der Waals surface area contributed by atoms with Crippen LogP contribution in [0.3, 0.4) is 0 Å². The predicted molar refractivity (Wildman–Crippen MR) is 68.9 cm³/mol. The summed E-state index contributed by atoms with van der Waals surface area (Å²) in [6, 6.07) is 0. The molecule has 1 aromatic rings. The van der Waals surface area contributed by atoms with Gasteiger partial charge in [0.15, 0.2) is 5.16 Å². The average molecular weight is 256 g/mol. The van der Waals surface area contributed by atoms with Crippen molar-refractivity contribution in [3.05, 3.63) is 5.82 Å². The first-order valence-electron chi connectivity index (χ1n) is 5.72. The second kappa shape index (κ2) is 6.05. The van der Waals surface area contributed by atoms with Crippen LogP contribution >= 0.6 is 11.8 Å². The lowest BCUT2D eigenvalue weighted by molar-refractivity contribution is -0.120. The molecule has 6 heteroatoms. The Kier molecular flexibility index (Phi) is 4.99. The summed E-state index contributed by atoms with van der Waals surface area (Å²) in [6.45, 7) is 8.63. The van der Waals surface area contributed by atoms with Gasteiger partial charge in [0.2, 0.25) is 5.91 Å². The molecule has 0 aliphatic carbocycles. The lowest BCUT2D eigenvalue weighted by Gasteiger charge is -2.12. The van der Waals surface area contributed by atoms with Gasteiger partial charge in [0.25, 0.3) is 0 Å². The van der Waals surface area contributed by atoms with Crippen LogP contribution in [0.2, 0.25) is 0 Å². The van der Waals surface area contributed by atoms with Gasteiger partial charge >= 0.3 is 0 Å². The molecule has 0 radical (unpaired) electrons. The quantitative estimate of drug-likeness (QED) is 0.809. The van der Waals surface area contributed by atoms with Crippen LogP contribution in [0.1, 0.15) is 26.6 Å². The zero-order valence-corrected chi connectivity index (χ0v) is 11.8. The number of nitrogens with zero attached hydrogens (tertiary/aromatic N) is 3. The van der Waals surface area contributed by atoms with Gasteiger partial charge in [0.1, 0.15) is 5.82 Å². The maximum atomic E-state index is 11.8. The number of nitrogens with one attached hydrogen (secondary N) is 1. The van der Waals surface area contributed by atoms with Crippen LogP contribution in [0.15, 0.2) is 5.16 Å². The number of carbonyl (C=O) groups is 1. The third-order valence-corrected chi connectivity index (χ3v) is 3.52. The van der Waals surface area contributed by atoms with Crippen molar-refractivity contribution in [1.29, 1.82) is 0 Å². The van der Waals surface area contributed by atoms with Crippen LogP contribution in [0.4, 0.5) is 0 Å². The number of aromatic nitrogens is 3. The Morgan fingerprint density at radius 3 is 2.53 bits per heavy atom. The van der Waals surface area contributed by atoms with Gasteiger partial charge in [0.05, 0.1) is 5.25 Å². The Balaban J connectivity index is 2.51. The molecule has 1 rings (SSSR count). The standard InChI is InChI=1S/C11H20N4OS/c1-7(2)6-12-10(16)8(3)17-11-14-13-9(4)15(11)5/h7-8H,6H2,1-5H3,(H,12,16)/t8-/m1/s1. The molecule has 0 saturated heterocycles. The van der Waals surface area contributed by atoms with E-state index in [1.807, 2.05) is 25.5 Å². The van der Waals surface area contributed by atoms with E-state index in [1.165, 1.54) is 11.8 Å².